The van der Waals surface area contributed by atoms with Gasteiger partial charge in [-0.05, 0) is 43.0 Å². The van der Waals surface area contributed by atoms with E-state index in [0.29, 0.717) is 17.7 Å². The first-order valence-electron chi connectivity index (χ1n) is 8.98. The number of nitrogens with zero attached hydrogens (tertiary/aromatic N) is 1. The maximum Gasteiger partial charge on any atom is 0.325 e. The van der Waals surface area contributed by atoms with E-state index in [2.05, 4.69) is 5.32 Å². The Morgan fingerprint density at radius 3 is 2.70 bits per heavy atom. The number of ether oxygens (including phenoxy) is 1. The first-order chi connectivity index (χ1) is 13.0. The van der Waals surface area contributed by atoms with Crippen molar-refractivity contribution in [2.45, 2.75) is 25.3 Å². The number of hydrogen-bond acceptors (Lipinski definition) is 4. The van der Waals surface area contributed by atoms with Crippen LogP contribution in [0.1, 0.15) is 34.8 Å². The van der Waals surface area contributed by atoms with Crippen molar-refractivity contribution in [2.75, 3.05) is 13.2 Å². The minimum Gasteiger partial charge on any atom is -0.491 e. The van der Waals surface area contributed by atoms with Crippen LogP contribution >= 0.6 is 0 Å². The van der Waals surface area contributed by atoms with E-state index < -0.39 is 11.6 Å². The summed E-state index contributed by atoms with van der Waals surface area (Å²) in [5.74, 6) is 0.126. The average molecular weight is 364 g/mol. The van der Waals surface area contributed by atoms with E-state index in [-0.39, 0.29) is 24.8 Å². The van der Waals surface area contributed by atoms with Crippen LogP contribution in [0.2, 0.25) is 0 Å². The zero-order chi connectivity index (χ0) is 19.0. The van der Waals surface area contributed by atoms with Crippen LogP contribution < -0.4 is 10.1 Å². The molecule has 0 saturated carbocycles. The van der Waals surface area contributed by atoms with Crippen molar-refractivity contribution in [3.05, 3.63) is 65.2 Å². The van der Waals surface area contributed by atoms with Gasteiger partial charge in [0.2, 0.25) is 0 Å². The zero-order valence-corrected chi connectivity index (χ0v) is 15.0. The highest BCUT2D eigenvalue weighted by atomic mass is 16.5. The van der Waals surface area contributed by atoms with Gasteiger partial charge < -0.3 is 10.1 Å². The van der Waals surface area contributed by atoms with E-state index in [1.54, 1.807) is 24.3 Å². The van der Waals surface area contributed by atoms with Crippen LogP contribution in [0.5, 0.6) is 5.75 Å². The molecule has 1 atom stereocenters. The molecule has 1 N–H and O–H groups in total. The first-order valence-corrected chi connectivity index (χ1v) is 8.98. The van der Waals surface area contributed by atoms with Crippen LogP contribution in [0, 0.1) is 0 Å². The van der Waals surface area contributed by atoms with Gasteiger partial charge in [0.1, 0.15) is 17.9 Å². The molecule has 27 heavy (non-hydrogen) atoms. The Kier molecular flexibility index (Phi) is 4.18. The molecule has 4 rings (SSSR count). The normalized spacial score (nSPS) is 20.7. The molecule has 1 aliphatic heterocycles. The average Bonchev–Trinajstić information content (AvgIpc) is 3.15. The molecule has 6 heteroatoms. The summed E-state index contributed by atoms with van der Waals surface area (Å²) >= 11 is 0. The Balaban J connectivity index is 1.48. The number of urea groups is 1. The number of rotatable bonds is 5. The smallest absolute Gasteiger partial charge is 0.325 e. The number of ketones is 1. The molecule has 0 unspecified atom stereocenters. The third-order valence-corrected chi connectivity index (χ3v) is 5.26. The Hall–Kier alpha value is -3.15. The molecule has 6 nitrogen and oxygen atoms in total. The van der Waals surface area contributed by atoms with E-state index in [4.69, 9.17) is 4.74 Å². The van der Waals surface area contributed by atoms with Crippen LogP contribution in [0.25, 0.3) is 0 Å². The lowest BCUT2D eigenvalue weighted by atomic mass is 9.92. The quantitative estimate of drug-likeness (QED) is 0.654. The molecule has 2 aromatic carbocycles. The molecule has 1 heterocycles. The lowest BCUT2D eigenvalue weighted by Crippen LogP contribution is -2.42. The number of Topliss-reactive ketones (excluding diaryl/α,β-unsaturated/α-hetero) is 1. The fourth-order valence-corrected chi connectivity index (χ4v) is 3.92. The molecule has 0 bridgehead atoms. The maximum atomic E-state index is 13.1. The number of hydrogen-bond donors (Lipinski definition) is 1. The van der Waals surface area contributed by atoms with Gasteiger partial charge in [-0.1, -0.05) is 36.4 Å². The Bertz CT molecular complexity index is 939. The number of fused-ring (bicyclic) bond motifs is 2. The van der Waals surface area contributed by atoms with E-state index in [9.17, 15) is 14.4 Å². The minimum absolute atomic E-state index is 0.0953. The third-order valence-electron chi connectivity index (χ3n) is 5.26. The van der Waals surface area contributed by atoms with Crippen LogP contribution in [0.3, 0.4) is 0 Å². The summed E-state index contributed by atoms with van der Waals surface area (Å²) in [4.78, 5) is 38.4. The summed E-state index contributed by atoms with van der Waals surface area (Å²) in [7, 11) is 0. The van der Waals surface area contributed by atoms with E-state index in [0.717, 1.165) is 17.5 Å². The van der Waals surface area contributed by atoms with Gasteiger partial charge in [0.05, 0.1) is 12.1 Å². The lowest BCUT2D eigenvalue weighted by Gasteiger charge is -2.22. The van der Waals surface area contributed by atoms with E-state index >= 15 is 0 Å². The maximum absolute atomic E-state index is 13.1. The topological polar surface area (TPSA) is 75.7 Å². The Morgan fingerprint density at radius 2 is 1.89 bits per heavy atom. The van der Waals surface area contributed by atoms with Gasteiger partial charge in [0.25, 0.3) is 5.91 Å². The van der Waals surface area contributed by atoms with Gasteiger partial charge >= 0.3 is 6.03 Å². The van der Waals surface area contributed by atoms with E-state index in [1.807, 2.05) is 24.3 Å². The zero-order valence-electron chi connectivity index (χ0n) is 15.0. The number of aryl methyl sites for hydroxylation is 1. The summed E-state index contributed by atoms with van der Waals surface area (Å²) in [5.41, 5.74) is 1.51. The fourth-order valence-electron chi connectivity index (χ4n) is 3.92. The van der Waals surface area contributed by atoms with Gasteiger partial charge in [-0.15, -0.1) is 0 Å². The highest BCUT2D eigenvalue weighted by Gasteiger charge is 2.55. The van der Waals surface area contributed by atoms with Crippen molar-refractivity contribution < 1.29 is 19.1 Å². The molecular formula is C21H20N2O4. The molecule has 1 fully saturated rings. The van der Waals surface area contributed by atoms with Gasteiger partial charge in [-0.3, -0.25) is 14.5 Å². The lowest BCUT2D eigenvalue weighted by molar-refractivity contribution is -0.131. The van der Waals surface area contributed by atoms with Gasteiger partial charge in [0.15, 0.2) is 5.78 Å². The van der Waals surface area contributed by atoms with Crippen molar-refractivity contribution in [2.24, 2.45) is 0 Å². The molecule has 1 aliphatic carbocycles. The van der Waals surface area contributed by atoms with Crippen LogP contribution in [0.15, 0.2) is 48.5 Å². The van der Waals surface area contributed by atoms with Gasteiger partial charge in [-0.25, -0.2) is 4.79 Å². The van der Waals surface area contributed by atoms with Crippen molar-refractivity contribution in [1.29, 1.82) is 0 Å². The van der Waals surface area contributed by atoms with Crippen molar-refractivity contribution in [1.82, 2.24) is 10.2 Å². The number of imide groups is 1. The number of para-hydroxylation sites is 1. The highest BCUT2D eigenvalue weighted by Crippen LogP contribution is 2.41. The summed E-state index contributed by atoms with van der Waals surface area (Å²) in [6, 6.07) is 14.3. The van der Waals surface area contributed by atoms with E-state index in [1.165, 1.54) is 11.8 Å². The predicted molar refractivity (Wildman–Crippen MR) is 98.6 cm³/mol. The number of carbonyl (C=O) groups is 3. The molecule has 2 aromatic rings. The van der Waals surface area contributed by atoms with Crippen LogP contribution in [-0.4, -0.2) is 35.8 Å². The molecule has 1 saturated heterocycles. The largest absolute Gasteiger partial charge is 0.491 e. The van der Waals surface area contributed by atoms with Crippen LogP contribution in [0.4, 0.5) is 4.79 Å². The highest BCUT2D eigenvalue weighted by molar-refractivity contribution is 6.08. The Morgan fingerprint density at radius 1 is 1.15 bits per heavy atom. The van der Waals surface area contributed by atoms with Gasteiger partial charge in [-0.2, -0.15) is 0 Å². The van der Waals surface area contributed by atoms with Crippen molar-refractivity contribution in [3.8, 4) is 5.75 Å². The summed E-state index contributed by atoms with van der Waals surface area (Å²) in [6.45, 7) is 1.73. The molecule has 138 valence electrons. The molecule has 0 aromatic heterocycles. The predicted octanol–water partition coefficient (Wildman–Crippen LogP) is 2.66. The van der Waals surface area contributed by atoms with Crippen molar-refractivity contribution in [3.63, 3.8) is 0 Å². The second-order valence-electron chi connectivity index (χ2n) is 6.85. The number of carbonyl (C=O) groups excluding carboxylic acids is 3. The summed E-state index contributed by atoms with van der Waals surface area (Å²) < 4.78 is 5.68. The first kappa shape index (κ1) is 17.3. The molecule has 2 aliphatic rings. The standard InChI is InChI=1S/C21H20N2O4/c1-14(24)16-7-3-5-9-18(16)27-13-12-23-19(25)21(22-20(23)26)11-10-15-6-2-4-8-17(15)21/h2-9H,10-13H2,1H3,(H,22,26)/t21-/m0/s1. The second kappa shape index (κ2) is 6.54. The Labute approximate surface area is 157 Å². The monoisotopic (exact) mass is 364 g/mol. The molecule has 0 radical (unpaired) electrons. The number of nitrogens with one attached hydrogen (secondary N) is 1. The molecule has 3 amide bonds. The SMILES string of the molecule is CC(=O)c1ccccc1OCCN1C(=O)N[C@]2(CCc3ccccc32)C1=O. The second-order valence-corrected chi connectivity index (χ2v) is 6.85. The third kappa shape index (κ3) is 2.77. The van der Waals surface area contributed by atoms with Crippen molar-refractivity contribution >= 4 is 17.7 Å². The number of amides is 3. The van der Waals surface area contributed by atoms with Gasteiger partial charge in [0, 0.05) is 0 Å². The number of benzene rings is 2. The summed E-state index contributed by atoms with van der Waals surface area (Å²) in [5, 5.41) is 2.89. The summed E-state index contributed by atoms with van der Waals surface area (Å²) in [6.07, 6.45) is 1.33. The fraction of sp³-hybridized carbons (Fsp3) is 0.286. The molecule has 1 spiro atoms. The minimum atomic E-state index is -0.953. The van der Waals surface area contributed by atoms with Crippen LogP contribution in [-0.2, 0) is 16.8 Å². The molecular weight excluding hydrogens is 344 g/mol.